The molecule has 1 aromatic rings. The molecule has 2 N–H and O–H groups in total. The Kier molecular flexibility index (Phi) is 5.52. The average Bonchev–Trinajstić information content (AvgIpc) is 2.55. The van der Waals surface area contributed by atoms with Crippen LogP contribution in [0.5, 0.6) is 0 Å². The van der Waals surface area contributed by atoms with Crippen molar-refractivity contribution in [3.05, 3.63) is 41.0 Å². The number of benzene rings is 1. The quantitative estimate of drug-likeness (QED) is 0.813. The van der Waals surface area contributed by atoms with Crippen molar-refractivity contribution in [3.8, 4) is 0 Å². The molecule has 1 amide bonds. The van der Waals surface area contributed by atoms with Crippen molar-refractivity contribution in [2.45, 2.75) is 47.5 Å². The number of nitrogens with zero attached hydrogens (tertiary/aromatic N) is 2. The van der Waals surface area contributed by atoms with Crippen LogP contribution in [0.25, 0.3) is 5.70 Å². The molecule has 4 nitrogen and oxygen atoms in total. The monoisotopic (exact) mass is 351 g/mol. The summed E-state index contributed by atoms with van der Waals surface area (Å²) >= 11 is 0. The highest BCUT2D eigenvalue weighted by Crippen LogP contribution is 2.46. The van der Waals surface area contributed by atoms with Crippen LogP contribution < -0.4 is 5.84 Å². The standard InChI is InChI=1S/C19H27F2N3O/c1-6-19(7-2)13(5)17(15-9-8-14(20)10-16(15)21)24(22)23(18(19)25)11-12(3)4/h8-10,12H,6-7,11,22H2,1-5H3. The average molecular weight is 351 g/mol. The Morgan fingerprint density at radius 3 is 2.28 bits per heavy atom. The van der Waals surface area contributed by atoms with E-state index in [1.807, 2.05) is 34.6 Å². The molecule has 0 bridgehead atoms. The molecule has 25 heavy (non-hydrogen) atoms. The fraction of sp³-hybridized carbons (Fsp3) is 0.526. The first-order valence-electron chi connectivity index (χ1n) is 8.73. The van der Waals surface area contributed by atoms with E-state index in [4.69, 9.17) is 5.84 Å². The Morgan fingerprint density at radius 1 is 1.20 bits per heavy atom. The zero-order chi connectivity index (χ0) is 18.9. The molecular formula is C19H27F2N3O. The second-order valence-electron chi connectivity index (χ2n) is 7.01. The maximum absolute atomic E-state index is 14.5. The number of carbonyl (C=O) groups excluding carboxylic acids is 1. The van der Waals surface area contributed by atoms with Crippen LogP contribution >= 0.6 is 0 Å². The molecule has 0 unspecified atom stereocenters. The number of halogens is 2. The number of nitrogens with two attached hydrogens (primary N) is 1. The van der Waals surface area contributed by atoms with E-state index >= 15 is 0 Å². The lowest BCUT2D eigenvalue weighted by molar-refractivity contribution is -0.158. The number of rotatable bonds is 5. The second kappa shape index (κ2) is 7.12. The van der Waals surface area contributed by atoms with Gasteiger partial charge in [-0.1, -0.05) is 27.7 Å². The van der Waals surface area contributed by atoms with Gasteiger partial charge in [0, 0.05) is 18.2 Å². The molecule has 2 rings (SSSR count). The minimum absolute atomic E-state index is 0.0718. The van der Waals surface area contributed by atoms with Crippen LogP contribution in [-0.2, 0) is 4.79 Å². The first-order chi connectivity index (χ1) is 11.7. The van der Waals surface area contributed by atoms with E-state index in [0.717, 1.165) is 11.6 Å². The van der Waals surface area contributed by atoms with Gasteiger partial charge in [0.05, 0.1) is 11.1 Å². The maximum atomic E-state index is 14.5. The molecule has 0 atom stereocenters. The molecule has 6 heteroatoms. The lowest BCUT2D eigenvalue weighted by Crippen LogP contribution is -2.60. The van der Waals surface area contributed by atoms with Gasteiger partial charge in [0.15, 0.2) is 0 Å². The van der Waals surface area contributed by atoms with Gasteiger partial charge in [-0.25, -0.2) is 24.8 Å². The van der Waals surface area contributed by atoms with E-state index in [1.54, 1.807) is 0 Å². The lowest BCUT2D eigenvalue weighted by Gasteiger charge is -2.48. The van der Waals surface area contributed by atoms with Crippen LogP contribution in [0, 0.1) is 23.0 Å². The number of hydrogen-bond acceptors (Lipinski definition) is 3. The Balaban J connectivity index is 2.72. The van der Waals surface area contributed by atoms with Crippen molar-refractivity contribution in [2.24, 2.45) is 17.2 Å². The fourth-order valence-electron chi connectivity index (χ4n) is 3.63. The van der Waals surface area contributed by atoms with Gasteiger partial charge in [-0.3, -0.25) is 4.79 Å². The number of hydrogen-bond donors (Lipinski definition) is 1. The molecule has 1 aromatic carbocycles. The molecule has 0 fully saturated rings. The maximum Gasteiger partial charge on any atom is 0.252 e. The molecule has 1 aliphatic heterocycles. The van der Waals surface area contributed by atoms with Crippen molar-refractivity contribution >= 4 is 11.6 Å². The summed E-state index contributed by atoms with van der Waals surface area (Å²) in [6.07, 6.45) is 1.17. The van der Waals surface area contributed by atoms with E-state index in [-0.39, 0.29) is 17.4 Å². The first-order valence-corrected chi connectivity index (χ1v) is 8.73. The van der Waals surface area contributed by atoms with Gasteiger partial charge in [-0.2, -0.15) is 0 Å². The summed E-state index contributed by atoms with van der Waals surface area (Å²) in [6.45, 7) is 10.1. The SMILES string of the molecule is CCC1(CC)C(=O)N(CC(C)C)N(N)C(c2ccc(F)cc2F)=C1C. The van der Waals surface area contributed by atoms with Gasteiger partial charge >= 0.3 is 0 Å². The molecule has 138 valence electrons. The predicted octanol–water partition coefficient (Wildman–Crippen LogP) is 4.09. The summed E-state index contributed by atoms with van der Waals surface area (Å²) in [7, 11) is 0. The minimum Gasteiger partial charge on any atom is -0.272 e. The molecule has 0 radical (unpaired) electrons. The molecule has 0 saturated heterocycles. The Bertz CT molecular complexity index is 696. The van der Waals surface area contributed by atoms with Gasteiger partial charge in [-0.15, -0.1) is 0 Å². The molecule has 0 spiro atoms. The first kappa shape index (κ1) is 19.4. The summed E-state index contributed by atoms with van der Waals surface area (Å²) in [5.74, 6) is 5.03. The molecule has 0 aliphatic carbocycles. The van der Waals surface area contributed by atoms with Crippen molar-refractivity contribution < 1.29 is 13.6 Å². The largest absolute Gasteiger partial charge is 0.272 e. The number of amides is 1. The van der Waals surface area contributed by atoms with E-state index in [9.17, 15) is 13.6 Å². The van der Waals surface area contributed by atoms with Crippen LogP contribution in [0.3, 0.4) is 0 Å². The van der Waals surface area contributed by atoms with Crippen molar-refractivity contribution in [1.29, 1.82) is 0 Å². The highest BCUT2D eigenvalue weighted by atomic mass is 19.1. The Morgan fingerprint density at radius 2 is 1.80 bits per heavy atom. The Labute approximate surface area is 148 Å². The van der Waals surface area contributed by atoms with Gasteiger partial charge < -0.3 is 0 Å². The van der Waals surface area contributed by atoms with Crippen LogP contribution in [0.15, 0.2) is 23.8 Å². The third-order valence-corrected chi connectivity index (χ3v) is 5.14. The zero-order valence-electron chi connectivity index (χ0n) is 15.6. The van der Waals surface area contributed by atoms with Crippen LogP contribution in [0.4, 0.5) is 8.78 Å². The van der Waals surface area contributed by atoms with Gasteiger partial charge in [0.1, 0.15) is 11.6 Å². The van der Waals surface area contributed by atoms with E-state index < -0.39 is 17.0 Å². The lowest BCUT2D eigenvalue weighted by atomic mass is 9.72. The van der Waals surface area contributed by atoms with Crippen molar-refractivity contribution in [1.82, 2.24) is 10.1 Å². The summed E-state index contributed by atoms with van der Waals surface area (Å²) in [5.41, 5.74) is 0.617. The van der Waals surface area contributed by atoms with Crippen LogP contribution in [0.1, 0.15) is 53.0 Å². The van der Waals surface area contributed by atoms with E-state index in [2.05, 4.69) is 0 Å². The topological polar surface area (TPSA) is 49.6 Å². The van der Waals surface area contributed by atoms with Gasteiger partial charge in [0.25, 0.3) is 5.91 Å². The smallest absolute Gasteiger partial charge is 0.252 e. The Hall–Kier alpha value is -1.95. The van der Waals surface area contributed by atoms with Gasteiger partial charge in [0.2, 0.25) is 0 Å². The summed E-state index contributed by atoms with van der Waals surface area (Å²) in [6, 6.07) is 3.42. The third-order valence-electron chi connectivity index (χ3n) is 5.14. The van der Waals surface area contributed by atoms with Crippen LogP contribution in [-0.4, -0.2) is 22.6 Å². The highest BCUT2D eigenvalue weighted by molar-refractivity contribution is 5.91. The number of hydrazine groups is 2. The summed E-state index contributed by atoms with van der Waals surface area (Å²) in [4.78, 5) is 13.2. The van der Waals surface area contributed by atoms with Gasteiger partial charge in [-0.05, 0) is 43.4 Å². The van der Waals surface area contributed by atoms with E-state index in [0.29, 0.717) is 25.1 Å². The molecule has 1 aliphatic rings. The third kappa shape index (κ3) is 3.15. The second-order valence-corrected chi connectivity index (χ2v) is 7.01. The van der Waals surface area contributed by atoms with E-state index in [1.165, 1.54) is 22.3 Å². The molecule has 0 aromatic heterocycles. The molecular weight excluding hydrogens is 324 g/mol. The van der Waals surface area contributed by atoms with Crippen molar-refractivity contribution in [3.63, 3.8) is 0 Å². The summed E-state index contributed by atoms with van der Waals surface area (Å²) in [5, 5.41) is 2.72. The highest BCUT2D eigenvalue weighted by Gasteiger charge is 2.47. The zero-order valence-corrected chi connectivity index (χ0v) is 15.6. The van der Waals surface area contributed by atoms with Crippen LogP contribution in [0.2, 0.25) is 0 Å². The normalized spacial score (nSPS) is 17.7. The molecule has 1 heterocycles. The summed E-state index contributed by atoms with van der Waals surface area (Å²) < 4.78 is 27.8. The minimum atomic E-state index is -0.735. The van der Waals surface area contributed by atoms with Crippen molar-refractivity contribution in [2.75, 3.05) is 6.54 Å². The number of carbonyl (C=O) groups is 1. The fourth-order valence-corrected chi connectivity index (χ4v) is 3.63. The predicted molar refractivity (Wildman–Crippen MR) is 94.5 cm³/mol. The molecule has 0 saturated carbocycles.